The van der Waals surface area contributed by atoms with Gasteiger partial charge in [-0.15, -0.1) is 0 Å². The van der Waals surface area contributed by atoms with Crippen LogP contribution in [0.25, 0.3) is 0 Å². The van der Waals surface area contributed by atoms with Gasteiger partial charge in [-0.25, -0.2) is 4.79 Å². The summed E-state index contributed by atoms with van der Waals surface area (Å²) in [5.74, 6) is 0. The van der Waals surface area contributed by atoms with Crippen molar-refractivity contribution in [2.24, 2.45) is 0 Å². The van der Waals surface area contributed by atoms with Crippen LogP contribution in [-0.2, 0) is 10.9 Å². The molecule has 1 aromatic carbocycles. The Hall–Kier alpha value is -1.80. The molecule has 2 saturated heterocycles. The molecule has 2 aliphatic heterocycles. The molecule has 0 atom stereocenters. The molecule has 0 unspecified atom stereocenters. The first kappa shape index (κ1) is 19.9. The van der Waals surface area contributed by atoms with Crippen LogP contribution in [0.3, 0.4) is 0 Å². The number of carbonyl (C=O) groups excluding carboxylic acids is 1. The lowest BCUT2D eigenvalue weighted by Crippen LogP contribution is -2.50. The zero-order chi connectivity index (χ0) is 19.4. The standard InChI is InChI=1S/C19H26F3N3O2/c1-27-17-8-12-24(13-9-17)16-6-10-25(11-7-16)18(26)23-15-4-2-14(3-5-15)19(20,21)22/h2-5,16-17H,6-13H2,1H3,(H,23,26). The number of ether oxygens (including phenoxy) is 1. The monoisotopic (exact) mass is 385 g/mol. The summed E-state index contributed by atoms with van der Waals surface area (Å²) in [6.07, 6.45) is -0.0926. The molecule has 0 aliphatic carbocycles. The fraction of sp³-hybridized carbons (Fsp3) is 0.632. The number of benzene rings is 1. The molecule has 8 heteroatoms. The second kappa shape index (κ2) is 8.48. The maximum absolute atomic E-state index is 12.6. The van der Waals surface area contributed by atoms with E-state index in [9.17, 15) is 18.0 Å². The van der Waals surface area contributed by atoms with Crippen LogP contribution in [0.2, 0.25) is 0 Å². The largest absolute Gasteiger partial charge is 0.416 e. The molecule has 27 heavy (non-hydrogen) atoms. The van der Waals surface area contributed by atoms with E-state index in [0.717, 1.165) is 50.9 Å². The number of urea groups is 1. The number of alkyl halides is 3. The van der Waals surface area contributed by atoms with Gasteiger partial charge in [0.1, 0.15) is 0 Å². The Morgan fingerprint density at radius 1 is 1.04 bits per heavy atom. The molecule has 150 valence electrons. The molecule has 0 radical (unpaired) electrons. The van der Waals surface area contributed by atoms with Crippen LogP contribution < -0.4 is 5.32 Å². The van der Waals surface area contributed by atoms with Gasteiger partial charge in [-0.05, 0) is 49.9 Å². The number of piperidine rings is 2. The minimum Gasteiger partial charge on any atom is -0.381 e. The van der Waals surface area contributed by atoms with Crippen molar-refractivity contribution in [2.75, 3.05) is 38.6 Å². The van der Waals surface area contributed by atoms with Crippen LogP contribution in [0.4, 0.5) is 23.7 Å². The van der Waals surface area contributed by atoms with Crippen LogP contribution in [0.5, 0.6) is 0 Å². The molecule has 2 fully saturated rings. The summed E-state index contributed by atoms with van der Waals surface area (Å²) in [6.45, 7) is 3.37. The minimum atomic E-state index is -4.37. The highest BCUT2D eigenvalue weighted by molar-refractivity contribution is 5.89. The van der Waals surface area contributed by atoms with E-state index in [1.54, 1.807) is 12.0 Å². The molecule has 0 saturated carbocycles. The maximum Gasteiger partial charge on any atom is 0.416 e. The number of rotatable bonds is 3. The summed E-state index contributed by atoms with van der Waals surface area (Å²) in [7, 11) is 1.76. The summed E-state index contributed by atoms with van der Waals surface area (Å²) in [4.78, 5) is 16.6. The quantitative estimate of drug-likeness (QED) is 0.861. The Kier molecular flexibility index (Phi) is 6.26. The predicted octanol–water partition coefficient (Wildman–Crippen LogP) is 3.81. The molecule has 0 bridgehead atoms. The fourth-order valence-corrected chi connectivity index (χ4v) is 3.86. The van der Waals surface area contributed by atoms with Gasteiger partial charge >= 0.3 is 12.2 Å². The van der Waals surface area contributed by atoms with Gasteiger partial charge in [0.25, 0.3) is 0 Å². The summed E-state index contributed by atoms with van der Waals surface area (Å²) >= 11 is 0. The van der Waals surface area contributed by atoms with Crippen molar-refractivity contribution in [3.63, 3.8) is 0 Å². The first-order valence-electron chi connectivity index (χ1n) is 9.37. The summed E-state index contributed by atoms with van der Waals surface area (Å²) < 4.78 is 43.2. The minimum absolute atomic E-state index is 0.258. The Labute approximate surface area is 157 Å². The van der Waals surface area contributed by atoms with Crippen molar-refractivity contribution >= 4 is 11.7 Å². The van der Waals surface area contributed by atoms with E-state index in [0.29, 0.717) is 30.9 Å². The Balaban J connectivity index is 1.46. The van der Waals surface area contributed by atoms with Crippen molar-refractivity contribution in [3.8, 4) is 0 Å². The highest BCUT2D eigenvalue weighted by Crippen LogP contribution is 2.30. The average molecular weight is 385 g/mol. The van der Waals surface area contributed by atoms with Crippen molar-refractivity contribution in [1.82, 2.24) is 9.80 Å². The van der Waals surface area contributed by atoms with E-state index in [4.69, 9.17) is 4.74 Å². The van der Waals surface area contributed by atoms with E-state index in [2.05, 4.69) is 10.2 Å². The lowest BCUT2D eigenvalue weighted by Gasteiger charge is -2.41. The summed E-state index contributed by atoms with van der Waals surface area (Å²) in [5, 5.41) is 2.69. The van der Waals surface area contributed by atoms with Gasteiger partial charge < -0.3 is 19.9 Å². The second-order valence-corrected chi connectivity index (χ2v) is 7.19. The molecule has 0 aromatic heterocycles. The van der Waals surface area contributed by atoms with Crippen LogP contribution >= 0.6 is 0 Å². The molecule has 0 spiro atoms. The van der Waals surface area contributed by atoms with E-state index in [-0.39, 0.29) is 6.03 Å². The third-order valence-corrected chi connectivity index (χ3v) is 5.54. The first-order chi connectivity index (χ1) is 12.9. The zero-order valence-corrected chi connectivity index (χ0v) is 15.5. The van der Waals surface area contributed by atoms with E-state index in [1.807, 2.05) is 0 Å². The number of hydrogen-bond acceptors (Lipinski definition) is 3. The molecule has 2 aliphatic rings. The number of anilines is 1. The van der Waals surface area contributed by atoms with Crippen molar-refractivity contribution in [2.45, 2.75) is 44.0 Å². The smallest absolute Gasteiger partial charge is 0.381 e. The normalized spacial score (nSPS) is 20.7. The van der Waals surface area contributed by atoms with Gasteiger partial charge in [0.15, 0.2) is 0 Å². The van der Waals surface area contributed by atoms with Crippen LogP contribution in [-0.4, -0.2) is 61.3 Å². The molecular formula is C19H26F3N3O2. The number of hydrogen-bond donors (Lipinski definition) is 1. The van der Waals surface area contributed by atoms with Crippen molar-refractivity contribution < 1.29 is 22.7 Å². The predicted molar refractivity (Wildman–Crippen MR) is 96.7 cm³/mol. The van der Waals surface area contributed by atoms with Gasteiger partial charge in [-0.3, -0.25) is 0 Å². The van der Waals surface area contributed by atoms with Gasteiger partial charge in [-0.2, -0.15) is 13.2 Å². The molecule has 2 amide bonds. The number of nitrogens with one attached hydrogen (secondary N) is 1. The van der Waals surface area contributed by atoms with E-state index < -0.39 is 11.7 Å². The summed E-state index contributed by atoms with van der Waals surface area (Å²) in [5.41, 5.74) is -0.352. The van der Waals surface area contributed by atoms with Crippen LogP contribution in [0.15, 0.2) is 24.3 Å². The molecule has 5 nitrogen and oxygen atoms in total. The fourth-order valence-electron chi connectivity index (χ4n) is 3.86. The number of carbonyl (C=O) groups is 1. The molecular weight excluding hydrogens is 359 g/mol. The highest BCUT2D eigenvalue weighted by atomic mass is 19.4. The average Bonchev–Trinajstić information content (AvgIpc) is 2.68. The molecule has 1 aromatic rings. The van der Waals surface area contributed by atoms with Crippen molar-refractivity contribution in [1.29, 1.82) is 0 Å². The second-order valence-electron chi connectivity index (χ2n) is 7.19. The van der Waals surface area contributed by atoms with Gasteiger partial charge in [0.2, 0.25) is 0 Å². The number of halogens is 3. The Bertz CT molecular complexity index is 620. The Morgan fingerprint density at radius 2 is 1.63 bits per heavy atom. The van der Waals surface area contributed by atoms with E-state index in [1.165, 1.54) is 12.1 Å². The van der Waals surface area contributed by atoms with Crippen LogP contribution in [0, 0.1) is 0 Å². The molecule has 3 rings (SSSR count). The SMILES string of the molecule is COC1CCN(C2CCN(C(=O)Nc3ccc(C(F)(F)F)cc3)CC2)CC1. The number of amides is 2. The summed E-state index contributed by atoms with van der Waals surface area (Å²) in [6, 6.07) is 4.75. The number of likely N-dealkylation sites (tertiary alicyclic amines) is 2. The van der Waals surface area contributed by atoms with Crippen LogP contribution in [0.1, 0.15) is 31.2 Å². The maximum atomic E-state index is 12.6. The van der Waals surface area contributed by atoms with Gasteiger partial charge in [0.05, 0.1) is 11.7 Å². The lowest BCUT2D eigenvalue weighted by molar-refractivity contribution is -0.137. The Morgan fingerprint density at radius 3 is 2.15 bits per heavy atom. The number of methoxy groups -OCH3 is 1. The van der Waals surface area contributed by atoms with E-state index >= 15 is 0 Å². The third kappa shape index (κ3) is 5.13. The van der Waals surface area contributed by atoms with Crippen molar-refractivity contribution in [3.05, 3.63) is 29.8 Å². The zero-order valence-electron chi connectivity index (χ0n) is 15.5. The lowest BCUT2D eigenvalue weighted by atomic mass is 9.99. The van der Waals surface area contributed by atoms with Gasteiger partial charge in [0, 0.05) is 45.0 Å². The number of nitrogens with zero attached hydrogens (tertiary/aromatic N) is 2. The first-order valence-corrected chi connectivity index (χ1v) is 9.37. The topological polar surface area (TPSA) is 44.8 Å². The third-order valence-electron chi connectivity index (χ3n) is 5.54. The van der Waals surface area contributed by atoms with Gasteiger partial charge in [-0.1, -0.05) is 0 Å². The highest BCUT2D eigenvalue weighted by Gasteiger charge is 2.31. The molecule has 2 heterocycles. The molecule has 1 N–H and O–H groups in total.